The van der Waals surface area contributed by atoms with Gasteiger partial charge in [0.25, 0.3) is 0 Å². The zero-order valence-corrected chi connectivity index (χ0v) is 10.3. The Morgan fingerprint density at radius 3 is 2.28 bits per heavy atom. The largest absolute Gasteiger partial charge is 0.507 e. The number of halogens is 3. The van der Waals surface area contributed by atoms with Gasteiger partial charge in [0.1, 0.15) is 5.75 Å². The third-order valence-corrected chi connectivity index (χ3v) is 2.77. The lowest BCUT2D eigenvalue weighted by Crippen LogP contribution is -2.14. The van der Waals surface area contributed by atoms with E-state index in [1.54, 1.807) is 30.3 Å². The number of hydrogen-bond acceptors (Lipinski definition) is 2. The van der Waals surface area contributed by atoms with Gasteiger partial charge in [-0.15, -0.1) is 12.4 Å². The minimum atomic E-state index is -2.43. The van der Waals surface area contributed by atoms with Crippen LogP contribution in [0.25, 0.3) is 10.8 Å². The minimum absolute atomic E-state index is 0. The summed E-state index contributed by atoms with van der Waals surface area (Å²) in [6, 6.07) is 9.46. The van der Waals surface area contributed by atoms with E-state index in [0.29, 0.717) is 10.9 Å². The van der Waals surface area contributed by atoms with Crippen LogP contribution in [-0.4, -0.2) is 11.5 Å². The molecule has 2 rings (SSSR count). The number of hydrogen-bond donors (Lipinski definition) is 2. The smallest absolute Gasteiger partial charge is 0.240 e. The SMILES string of the molecule is Cl.N[C@@H](CC(F)F)c1ccc(O)c2ccccc12. The minimum Gasteiger partial charge on any atom is -0.507 e. The summed E-state index contributed by atoms with van der Waals surface area (Å²) in [5.41, 5.74) is 6.39. The molecule has 0 saturated heterocycles. The van der Waals surface area contributed by atoms with E-state index in [1.165, 1.54) is 6.07 Å². The molecule has 0 radical (unpaired) electrons. The lowest BCUT2D eigenvalue weighted by molar-refractivity contribution is 0.128. The molecule has 1 atom stereocenters. The lowest BCUT2D eigenvalue weighted by atomic mass is 9.97. The second-order valence-electron chi connectivity index (χ2n) is 3.95. The van der Waals surface area contributed by atoms with Crippen molar-refractivity contribution >= 4 is 23.2 Å². The molecule has 0 aromatic heterocycles. The molecule has 0 unspecified atom stereocenters. The molecule has 0 aliphatic carbocycles. The maximum Gasteiger partial charge on any atom is 0.240 e. The Labute approximate surface area is 110 Å². The molecule has 5 heteroatoms. The summed E-state index contributed by atoms with van der Waals surface area (Å²) >= 11 is 0. The molecule has 0 fully saturated rings. The molecule has 0 amide bonds. The van der Waals surface area contributed by atoms with Gasteiger partial charge >= 0.3 is 0 Å². The number of nitrogens with two attached hydrogens (primary N) is 1. The van der Waals surface area contributed by atoms with Gasteiger partial charge in [-0.25, -0.2) is 8.78 Å². The Bertz CT molecular complexity index is 533. The normalized spacial score (nSPS) is 12.4. The first kappa shape index (κ1) is 14.7. The highest BCUT2D eigenvalue weighted by Gasteiger charge is 2.16. The van der Waals surface area contributed by atoms with Crippen LogP contribution in [0.2, 0.25) is 0 Å². The molecule has 0 bridgehead atoms. The average molecular weight is 274 g/mol. The summed E-state index contributed by atoms with van der Waals surface area (Å²) in [6.45, 7) is 0. The Morgan fingerprint density at radius 2 is 1.67 bits per heavy atom. The maximum atomic E-state index is 12.3. The number of alkyl halides is 2. The van der Waals surface area contributed by atoms with Crippen molar-refractivity contribution in [2.24, 2.45) is 5.73 Å². The zero-order chi connectivity index (χ0) is 12.4. The molecular formula is C13H14ClF2NO. The van der Waals surface area contributed by atoms with Gasteiger partial charge in [0, 0.05) is 17.8 Å². The molecule has 2 nitrogen and oxygen atoms in total. The summed E-state index contributed by atoms with van der Waals surface area (Å²) in [4.78, 5) is 0. The predicted molar refractivity (Wildman–Crippen MR) is 70.4 cm³/mol. The van der Waals surface area contributed by atoms with Crippen LogP contribution in [0.5, 0.6) is 5.75 Å². The van der Waals surface area contributed by atoms with Gasteiger partial charge in [0.05, 0.1) is 0 Å². The molecule has 18 heavy (non-hydrogen) atoms. The van der Waals surface area contributed by atoms with Gasteiger partial charge in [-0.05, 0) is 17.0 Å². The second kappa shape index (κ2) is 5.98. The number of phenolic OH excluding ortho intramolecular Hbond substituents is 1. The molecule has 3 N–H and O–H groups in total. The van der Waals surface area contributed by atoms with Crippen molar-refractivity contribution in [3.05, 3.63) is 42.0 Å². The van der Waals surface area contributed by atoms with Crippen molar-refractivity contribution in [1.82, 2.24) is 0 Å². The van der Waals surface area contributed by atoms with E-state index in [0.717, 1.165) is 5.39 Å². The van der Waals surface area contributed by atoms with Gasteiger partial charge in [0.2, 0.25) is 6.43 Å². The van der Waals surface area contributed by atoms with Crippen LogP contribution in [0, 0.1) is 0 Å². The molecule has 98 valence electrons. The van der Waals surface area contributed by atoms with E-state index in [1.807, 2.05) is 0 Å². The van der Waals surface area contributed by atoms with E-state index < -0.39 is 12.5 Å². The lowest BCUT2D eigenvalue weighted by Gasteiger charge is -2.14. The Balaban J connectivity index is 0.00000162. The first-order valence-electron chi connectivity index (χ1n) is 5.34. The molecule has 0 aliphatic rings. The average Bonchev–Trinajstić information content (AvgIpc) is 2.29. The zero-order valence-electron chi connectivity index (χ0n) is 9.51. The van der Waals surface area contributed by atoms with Crippen LogP contribution in [0.15, 0.2) is 36.4 Å². The Morgan fingerprint density at radius 1 is 1.06 bits per heavy atom. The quantitative estimate of drug-likeness (QED) is 0.897. The summed E-state index contributed by atoms with van der Waals surface area (Å²) in [5, 5.41) is 11.0. The van der Waals surface area contributed by atoms with Gasteiger partial charge in [-0.3, -0.25) is 0 Å². The Hall–Kier alpha value is -1.39. The first-order chi connectivity index (χ1) is 8.09. The summed E-state index contributed by atoms with van der Waals surface area (Å²) in [5.74, 6) is 0.133. The summed E-state index contributed by atoms with van der Waals surface area (Å²) in [6.07, 6.45) is -2.81. The summed E-state index contributed by atoms with van der Waals surface area (Å²) in [7, 11) is 0. The number of fused-ring (bicyclic) bond motifs is 1. The van der Waals surface area contributed by atoms with Crippen molar-refractivity contribution in [3.8, 4) is 5.75 Å². The van der Waals surface area contributed by atoms with Gasteiger partial charge < -0.3 is 10.8 Å². The van der Waals surface area contributed by atoms with Crippen molar-refractivity contribution in [2.45, 2.75) is 18.9 Å². The van der Waals surface area contributed by atoms with Crippen LogP contribution in [0.4, 0.5) is 8.78 Å². The van der Waals surface area contributed by atoms with Gasteiger partial charge in [-0.1, -0.05) is 30.3 Å². The standard InChI is InChI=1S/C13H13F2NO.ClH/c14-13(15)7-11(16)9-5-6-12(17)10-4-2-1-3-8(9)10;/h1-6,11,13,17H,7,16H2;1H/t11-;/m0./s1. The van der Waals surface area contributed by atoms with Crippen molar-refractivity contribution in [2.75, 3.05) is 0 Å². The maximum absolute atomic E-state index is 12.3. The third-order valence-electron chi connectivity index (χ3n) is 2.77. The topological polar surface area (TPSA) is 46.2 Å². The number of benzene rings is 2. The van der Waals surface area contributed by atoms with E-state index in [4.69, 9.17) is 5.73 Å². The molecule has 2 aromatic carbocycles. The van der Waals surface area contributed by atoms with Crippen LogP contribution in [0.3, 0.4) is 0 Å². The fourth-order valence-corrected chi connectivity index (χ4v) is 1.95. The fourth-order valence-electron chi connectivity index (χ4n) is 1.95. The number of rotatable bonds is 3. The Kier molecular flexibility index (Phi) is 4.87. The van der Waals surface area contributed by atoms with Gasteiger partial charge in [0.15, 0.2) is 0 Å². The van der Waals surface area contributed by atoms with E-state index in [-0.39, 0.29) is 24.6 Å². The molecule has 0 saturated carbocycles. The molecule has 0 heterocycles. The molecule has 0 spiro atoms. The molecule has 0 aliphatic heterocycles. The van der Waals surface area contributed by atoms with Crippen molar-refractivity contribution in [3.63, 3.8) is 0 Å². The fraction of sp³-hybridized carbons (Fsp3) is 0.231. The highest BCUT2D eigenvalue weighted by Crippen LogP contribution is 2.31. The van der Waals surface area contributed by atoms with E-state index in [2.05, 4.69) is 0 Å². The third kappa shape index (κ3) is 2.89. The predicted octanol–water partition coefficient (Wildman–Crippen LogP) is 3.62. The van der Waals surface area contributed by atoms with Crippen LogP contribution < -0.4 is 5.73 Å². The monoisotopic (exact) mass is 273 g/mol. The van der Waals surface area contributed by atoms with Crippen LogP contribution >= 0.6 is 12.4 Å². The van der Waals surface area contributed by atoms with Crippen molar-refractivity contribution < 1.29 is 13.9 Å². The highest BCUT2D eigenvalue weighted by molar-refractivity contribution is 5.91. The summed E-state index contributed by atoms with van der Waals surface area (Å²) < 4.78 is 24.6. The van der Waals surface area contributed by atoms with Crippen molar-refractivity contribution in [1.29, 1.82) is 0 Å². The number of phenols is 1. The van der Waals surface area contributed by atoms with Crippen LogP contribution in [-0.2, 0) is 0 Å². The van der Waals surface area contributed by atoms with E-state index >= 15 is 0 Å². The van der Waals surface area contributed by atoms with Gasteiger partial charge in [-0.2, -0.15) is 0 Å². The van der Waals surface area contributed by atoms with Crippen LogP contribution in [0.1, 0.15) is 18.0 Å². The number of aromatic hydroxyl groups is 1. The second-order valence-corrected chi connectivity index (χ2v) is 3.95. The highest BCUT2D eigenvalue weighted by atomic mass is 35.5. The molecule has 2 aromatic rings. The van der Waals surface area contributed by atoms with E-state index in [9.17, 15) is 13.9 Å². The first-order valence-corrected chi connectivity index (χ1v) is 5.34. The molecular weight excluding hydrogens is 260 g/mol.